The van der Waals surface area contributed by atoms with E-state index in [1.165, 1.54) is 81.9 Å². The third-order valence-corrected chi connectivity index (χ3v) is 12.2. The Morgan fingerprint density at radius 3 is 2.58 bits per heavy atom. The Balaban J connectivity index is 0.931. The van der Waals surface area contributed by atoms with Crippen molar-refractivity contribution in [3.8, 4) is 11.5 Å². The summed E-state index contributed by atoms with van der Waals surface area (Å²) in [4.78, 5) is 5.48. The van der Waals surface area contributed by atoms with Crippen LogP contribution < -0.4 is 9.47 Å². The number of aliphatic hydroxyl groups excluding tert-OH is 1. The zero-order valence-electron chi connectivity index (χ0n) is 25.5. The number of rotatable bonds is 9. The fraction of sp³-hybridized carbons (Fsp3) is 0.771. The first kappa shape index (κ1) is 27.3. The van der Waals surface area contributed by atoms with Crippen molar-refractivity contribution < 1.29 is 14.6 Å². The van der Waals surface area contributed by atoms with E-state index >= 15 is 0 Å². The summed E-state index contributed by atoms with van der Waals surface area (Å²) in [6, 6.07) is 4.33. The second kappa shape index (κ2) is 9.74. The summed E-state index contributed by atoms with van der Waals surface area (Å²) in [6.07, 6.45) is 19.6. The lowest BCUT2D eigenvalue weighted by Crippen LogP contribution is -2.64. The first-order chi connectivity index (χ1) is 19.1. The highest BCUT2D eigenvalue weighted by molar-refractivity contribution is 5.61. The molecule has 4 fully saturated rings. The van der Waals surface area contributed by atoms with Gasteiger partial charge in [-0.2, -0.15) is 0 Å². The maximum Gasteiger partial charge on any atom is 0.166 e. The van der Waals surface area contributed by atoms with Gasteiger partial charge in [0.05, 0.1) is 18.6 Å². The molecule has 40 heavy (non-hydrogen) atoms. The highest BCUT2D eigenvalue weighted by Crippen LogP contribution is 2.67. The summed E-state index contributed by atoms with van der Waals surface area (Å²) in [5.74, 6) is 2.71. The van der Waals surface area contributed by atoms with Crippen molar-refractivity contribution in [2.75, 3.05) is 33.8 Å². The molecular weight excluding hydrogens is 496 g/mol. The van der Waals surface area contributed by atoms with Gasteiger partial charge in [0.25, 0.3) is 0 Å². The molecule has 0 unspecified atom stereocenters. The number of hydrogen-bond acceptors (Lipinski definition) is 5. The van der Waals surface area contributed by atoms with Gasteiger partial charge in [0.1, 0.15) is 6.10 Å². The van der Waals surface area contributed by atoms with Crippen molar-refractivity contribution in [3.63, 3.8) is 0 Å². The normalized spacial score (nSPS) is 41.1. The third-order valence-electron chi connectivity index (χ3n) is 12.2. The quantitative estimate of drug-likeness (QED) is 0.283. The first-order valence-electron chi connectivity index (χ1n) is 16.3. The zero-order chi connectivity index (χ0) is 27.8. The maximum absolute atomic E-state index is 10.3. The lowest BCUT2D eigenvalue weighted by molar-refractivity contribution is -0.156. The van der Waals surface area contributed by atoms with Gasteiger partial charge >= 0.3 is 0 Å². The number of methoxy groups -OCH3 is 1. The minimum Gasteiger partial charge on any atom is -0.493 e. The second-order valence-corrected chi connectivity index (χ2v) is 15.7. The molecule has 2 aliphatic heterocycles. The molecule has 1 N–H and O–H groups in total. The third kappa shape index (κ3) is 4.45. The fourth-order valence-corrected chi connectivity index (χ4v) is 11.3. The summed E-state index contributed by atoms with van der Waals surface area (Å²) in [7, 11) is 4.18. The standard InChI is InChI=1S/C35H52N2O3/c1-32-18-25-19-33(2,22-32)24-34(20-25,23-32)36(3)14-7-5-6-8-15-37-16-13-35-12-11-27(38)17-29(35)40-31-28(39-4)10-9-26(21-37)30(31)35/h9-12,25,27,29,38H,5-8,13-24H2,1-4H3/t25-,27-,29-,32+,33-,34+,35-/m0/s1. The van der Waals surface area contributed by atoms with Crippen LogP contribution in [0.25, 0.3) is 0 Å². The average Bonchev–Trinajstić information content (AvgIpc) is 3.12. The van der Waals surface area contributed by atoms with Gasteiger partial charge in [-0.15, -0.1) is 0 Å². The highest BCUT2D eigenvalue weighted by atomic mass is 16.5. The Hall–Kier alpha value is -1.56. The van der Waals surface area contributed by atoms with Crippen molar-refractivity contribution in [3.05, 3.63) is 35.4 Å². The molecule has 1 spiro atoms. The maximum atomic E-state index is 10.3. The molecule has 4 bridgehead atoms. The molecule has 0 radical (unpaired) electrons. The molecule has 1 aromatic rings. The first-order valence-corrected chi connectivity index (χ1v) is 16.3. The molecule has 5 aliphatic carbocycles. The minimum absolute atomic E-state index is 0.00589. The molecule has 8 rings (SSSR count). The van der Waals surface area contributed by atoms with Crippen LogP contribution in [0.15, 0.2) is 24.3 Å². The van der Waals surface area contributed by atoms with Crippen LogP contribution in [0.3, 0.4) is 0 Å². The lowest BCUT2D eigenvalue weighted by atomic mass is 9.42. The molecule has 1 aromatic carbocycles. The molecular formula is C35H52N2O3. The lowest BCUT2D eigenvalue weighted by Gasteiger charge is -2.67. The van der Waals surface area contributed by atoms with E-state index in [-0.39, 0.29) is 11.5 Å². The molecule has 2 heterocycles. The van der Waals surface area contributed by atoms with Crippen LogP contribution in [0, 0.1) is 16.7 Å². The van der Waals surface area contributed by atoms with Gasteiger partial charge in [0.15, 0.2) is 11.5 Å². The summed E-state index contributed by atoms with van der Waals surface area (Å²) >= 11 is 0. The summed E-state index contributed by atoms with van der Waals surface area (Å²) < 4.78 is 12.2. The van der Waals surface area contributed by atoms with E-state index in [1.807, 2.05) is 6.08 Å². The van der Waals surface area contributed by atoms with Gasteiger partial charge in [-0.3, -0.25) is 4.90 Å². The summed E-state index contributed by atoms with van der Waals surface area (Å²) in [5, 5.41) is 10.3. The molecule has 0 amide bonds. The summed E-state index contributed by atoms with van der Waals surface area (Å²) in [6.45, 7) is 9.67. The van der Waals surface area contributed by atoms with Gasteiger partial charge in [0.2, 0.25) is 0 Å². The molecule has 5 heteroatoms. The molecule has 0 saturated heterocycles. The predicted octanol–water partition coefficient (Wildman–Crippen LogP) is 6.46. The second-order valence-electron chi connectivity index (χ2n) is 15.7. The SMILES string of the molecule is COc1ccc2c3c1O[C@H]1C[C@@H](O)C=C[C@@]31CCN(CCCCCCN(C)[C@]13C[C@@H]4C[C@@](C)(C[C@@](C)(C4)C1)C3)C2. The van der Waals surface area contributed by atoms with Crippen molar-refractivity contribution in [1.82, 2.24) is 9.80 Å². The van der Waals surface area contributed by atoms with E-state index < -0.39 is 6.10 Å². The van der Waals surface area contributed by atoms with E-state index in [9.17, 15) is 5.11 Å². The van der Waals surface area contributed by atoms with Crippen LogP contribution in [-0.2, 0) is 12.0 Å². The molecule has 7 aliphatic rings. The Labute approximate surface area is 242 Å². The van der Waals surface area contributed by atoms with Gasteiger partial charge in [0, 0.05) is 24.1 Å². The highest BCUT2D eigenvalue weighted by Gasteiger charge is 2.61. The van der Waals surface area contributed by atoms with Crippen LogP contribution >= 0.6 is 0 Å². The fourth-order valence-electron chi connectivity index (χ4n) is 11.3. The smallest absolute Gasteiger partial charge is 0.166 e. The Morgan fingerprint density at radius 1 is 1.05 bits per heavy atom. The number of benzene rings is 1. The van der Waals surface area contributed by atoms with Crippen molar-refractivity contribution in [2.24, 2.45) is 16.7 Å². The van der Waals surface area contributed by atoms with Crippen molar-refractivity contribution in [1.29, 1.82) is 0 Å². The number of hydrogen-bond donors (Lipinski definition) is 1. The monoisotopic (exact) mass is 548 g/mol. The summed E-state index contributed by atoms with van der Waals surface area (Å²) in [5.41, 5.74) is 4.23. The molecule has 4 saturated carbocycles. The van der Waals surface area contributed by atoms with Gasteiger partial charge in [-0.25, -0.2) is 0 Å². The molecule has 5 nitrogen and oxygen atoms in total. The number of aliphatic hydroxyl groups is 1. The van der Waals surface area contributed by atoms with Gasteiger partial charge in [-0.1, -0.05) is 44.9 Å². The van der Waals surface area contributed by atoms with E-state index in [4.69, 9.17) is 9.47 Å². The van der Waals surface area contributed by atoms with E-state index in [2.05, 4.69) is 48.9 Å². The van der Waals surface area contributed by atoms with E-state index in [0.717, 1.165) is 43.5 Å². The van der Waals surface area contributed by atoms with Crippen molar-refractivity contribution in [2.45, 2.75) is 121 Å². The Bertz CT molecular complexity index is 1150. The predicted molar refractivity (Wildman–Crippen MR) is 160 cm³/mol. The topological polar surface area (TPSA) is 45.2 Å². The largest absolute Gasteiger partial charge is 0.493 e. The van der Waals surface area contributed by atoms with Crippen LogP contribution in [-0.4, -0.2) is 66.4 Å². The molecule has 0 aromatic heterocycles. The van der Waals surface area contributed by atoms with Crippen LogP contribution in [0.2, 0.25) is 0 Å². The Morgan fingerprint density at radius 2 is 1.82 bits per heavy atom. The molecule has 220 valence electrons. The van der Waals surface area contributed by atoms with Crippen LogP contribution in [0.5, 0.6) is 11.5 Å². The van der Waals surface area contributed by atoms with Gasteiger partial charge in [-0.05, 0) is 113 Å². The molecule has 7 atom stereocenters. The number of ether oxygens (including phenoxy) is 2. The van der Waals surface area contributed by atoms with E-state index in [0.29, 0.717) is 22.8 Å². The van der Waals surface area contributed by atoms with E-state index in [1.54, 1.807) is 7.11 Å². The number of nitrogens with zero attached hydrogens (tertiary/aromatic N) is 2. The van der Waals surface area contributed by atoms with Crippen LogP contribution in [0.4, 0.5) is 0 Å². The Kier molecular flexibility index (Phi) is 6.64. The minimum atomic E-state index is -0.424. The number of unbranched alkanes of at least 4 members (excludes halogenated alkanes) is 3. The van der Waals surface area contributed by atoms with Crippen molar-refractivity contribution >= 4 is 0 Å². The van der Waals surface area contributed by atoms with Gasteiger partial charge < -0.3 is 19.5 Å². The average molecular weight is 549 g/mol. The zero-order valence-corrected chi connectivity index (χ0v) is 25.5. The van der Waals surface area contributed by atoms with Crippen LogP contribution in [0.1, 0.15) is 102 Å².